The Bertz CT molecular complexity index is 1240. The second kappa shape index (κ2) is 16.3. The van der Waals surface area contributed by atoms with E-state index in [2.05, 4.69) is 6.58 Å². The normalized spacial score (nSPS) is 23.6. The van der Waals surface area contributed by atoms with Crippen molar-refractivity contribution < 1.29 is 28.8 Å². The molecule has 6 nitrogen and oxygen atoms in total. The predicted octanol–water partition coefficient (Wildman–Crippen LogP) is 6.27. The molecule has 6 heteroatoms. The number of aliphatic hydroxyl groups is 1. The predicted molar refractivity (Wildman–Crippen MR) is 166 cm³/mol. The van der Waals surface area contributed by atoms with Gasteiger partial charge in [0.1, 0.15) is 36.6 Å². The summed E-state index contributed by atoms with van der Waals surface area (Å²) in [6, 6.07) is 39.7. The van der Waals surface area contributed by atoms with E-state index in [-0.39, 0.29) is 6.61 Å². The quantitative estimate of drug-likeness (QED) is 0.167. The van der Waals surface area contributed by atoms with E-state index < -0.39 is 36.6 Å². The molecule has 6 atom stereocenters. The molecule has 1 fully saturated rings. The van der Waals surface area contributed by atoms with E-state index in [1.807, 2.05) is 121 Å². The number of rotatable bonds is 15. The maximum absolute atomic E-state index is 12.0. The van der Waals surface area contributed by atoms with E-state index in [4.69, 9.17) is 23.7 Å². The first kappa shape index (κ1) is 30.8. The van der Waals surface area contributed by atoms with Gasteiger partial charge in [-0.1, -0.05) is 127 Å². The molecule has 224 valence electrons. The van der Waals surface area contributed by atoms with Gasteiger partial charge in [0.15, 0.2) is 0 Å². The van der Waals surface area contributed by atoms with E-state index in [1.165, 1.54) is 0 Å². The zero-order valence-corrected chi connectivity index (χ0v) is 24.3. The van der Waals surface area contributed by atoms with Crippen molar-refractivity contribution in [3.63, 3.8) is 0 Å². The smallest absolute Gasteiger partial charge is 0.116 e. The Morgan fingerprint density at radius 1 is 0.442 bits per heavy atom. The van der Waals surface area contributed by atoms with Crippen LogP contribution in [0.3, 0.4) is 0 Å². The topological polar surface area (TPSA) is 66.4 Å². The van der Waals surface area contributed by atoms with Gasteiger partial charge in [0.25, 0.3) is 0 Å². The average Bonchev–Trinajstić information content (AvgIpc) is 3.06. The lowest BCUT2D eigenvalue weighted by molar-refractivity contribution is -0.279. The highest BCUT2D eigenvalue weighted by atomic mass is 16.6. The molecule has 1 aliphatic rings. The van der Waals surface area contributed by atoms with Crippen molar-refractivity contribution >= 4 is 0 Å². The highest BCUT2D eigenvalue weighted by molar-refractivity contribution is 5.17. The van der Waals surface area contributed by atoms with E-state index in [9.17, 15) is 5.11 Å². The van der Waals surface area contributed by atoms with Gasteiger partial charge in [-0.3, -0.25) is 0 Å². The highest BCUT2D eigenvalue weighted by Crippen LogP contribution is 2.34. The molecule has 1 saturated carbocycles. The van der Waals surface area contributed by atoms with Gasteiger partial charge in [-0.2, -0.15) is 0 Å². The Morgan fingerprint density at radius 2 is 0.721 bits per heavy atom. The molecular weight excluding hydrogens is 540 g/mol. The zero-order valence-electron chi connectivity index (χ0n) is 24.3. The van der Waals surface area contributed by atoms with Crippen LogP contribution in [0.4, 0.5) is 0 Å². The van der Waals surface area contributed by atoms with Crippen molar-refractivity contribution in [2.45, 2.75) is 63.1 Å². The van der Waals surface area contributed by atoms with Crippen LogP contribution in [-0.4, -0.2) is 48.3 Å². The van der Waals surface area contributed by atoms with Gasteiger partial charge in [-0.05, 0) is 22.3 Å². The lowest BCUT2D eigenvalue weighted by atomic mass is 9.83. The second-order valence-corrected chi connectivity index (χ2v) is 10.6. The summed E-state index contributed by atoms with van der Waals surface area (Å²) >= 11 is 0. The van der Waals surface area contributed by atoms with E-state index in [1.54, 1.807) is 6.08 Å². The minimum absolute atomic E-state index is 0.272. The molecule has 0 amide bonds. The molecule has 1 N–H and O–H groups in total. The Hall–Kier alpha value is -3.62. The van der Waals surface area contributed by atoms with Crippen molar-refractivity contribution in [1.82, 2.24) is 0 Å². The van der Waals surface area contributed by atoms with Crippen molar-refractivity contribution in [2.24, 2.45) is 0 Å². The third-order valence-electron chi connectivity index (χ3n) is 7.52. The SMILES string of the molecule is C=CCOC1[C@@H](OCc2ccccc2)[C@H](OCc2ccccc2)C(O)[C@@H](OCc2ccccc2)[C@H]1OCc1ccccc1. The van der Waals surface area contributed by atoms with Crippen LogP contribution >= 0.6 is 0 Å². The van der Waals surface area contributed by atoms with Gasteiger partial charge in [-0.25, -0.2) is 0 Å². The number of benzene rings is 4. The summed E-state index contributed by atoms with van der Waals surface area (Å²) in [4.78, 5) is 0. The molecule has 0 radical (unpaired) electrons. The summed E-state index contributed by atoms with van der Waals surface area (Å²) in [5, 5.41) is 12.0. The standard InChI is InChI=1S/C37H40O6/c1-2-23-39-37-35(42-26-30-19-11-5-12-20-30)33(40-24-28-15-7-3-8-16-28)32(38)34(41-25-29-17-9-4-10-18-29)36(37)43-27-31-21-13-6-14-22-31/h2-22,32-38H,1,23-27H2/t32?,33-,34-,35-,36+,37?/m1/s1. The van der Waals surface area contributed by atoms with Gasteiger partial charge in [0.2, 0.25) is 0 Å². The molecule has 2 unspecified atom stereocenters. The van der Waals surface area contributed by atoms with Crippen LogP contribution in [0, 0.1) is 0 Å². The van der Waals surface area contributed by atoms with Crippen LogP contribution < -0.4 is 0 Å². The highest BCUT2D eigenvalue weighted by Gasteiger charge is 2.53. The van der Waals surface area contributed by atoms with Gasteiger partial charge >= 0.3 is 0 Å². The van der Waals surface area contributed by atoms with Crippen molar-refractivity contribution in [1.29, 1.82) is 0 Å². The van der Waals surface area contributed by atoms with Crippen LogP contribution in [0.2, 0.25) is 0 Å². The number of ether oxygens (including phenoxy) is 5. The fourth-order valence-corrected chi connectivity index (χ4v) is 5.34. The van der Waals surface area contributed by atoms with Crippen LogP contribution in [0.25, 0.3) is 0 Å². The Labute approximate surface area is 254 Å². The second-order valence-electron chi connectivity index (χ2n) is 10.6. The maximum atomic E-state index is 12.0. The molecule has 1 aliphatic carbocycles. The lowest BCUT2D eigenvalue weighted by Gasteiger charge is -2.48. The molecule has 0 aliphatic heterocycles. The minimum atomic E-state index is -1.06. The molecule has 5 rings (SSSR count). The number of hydrogen-bond acceptors (Lipinski definition) is 6. The molecular formula is C37H40O6. The fraction of sp³-hybridized carbons (Fsp3) is 0.297. The summed E-state index contributed by atoms with van der Waals surface area (Å²) < 4.78 is 32.5. The first-order valence-electron chi connectivity index (χ1n) is 14.8. The zero-order chi connectivity index (χ0) is 29.7. The van der Waals surface area contributed by atoms with Gasteiger partial charge in [0, 0.05) is 0 Å². The number of hydrogen-bond donors (Lipinski definition) is 1. The first-order chi connectivity index (χ1) is 21.2. The third-order valence-corrected chi connectivity index (χ3v) is 7.52. The van der Waals surface area contributed by atoms with E-state index in [0.717, 1.165) is 22.3 Å². The maximum Gasteiger partial charge on any atom is 0.116 e. The van der Waals surface area contributed by atoms with Gasteiger partial charge in [-0.15, -0.1) is 6.58 Å². The average molecular weight is 581 g/mol. The molecule has 4 aromatic carbocycles. The monoisotopic (exact) mass is 580 g/mol. The Morgan fingerprint density at radius 3 is 1.02 bits per heavy atom. The summed E-state index contributed by atoms with van der Waals surface area (Å²) in [5.74, 6) is 0. The summed E-state index contributed by atoms with van der Waals surface area (Å²) in [5.41, 5.74) is 3.99. The summed E-state index contributed by atoms with van der Waals surface area (Å²) in [7, 11) is 0. The number of aliphatic hydroxyl groups excluding tert-OH is 1. The van der Waals surface area contributed by atoms with Crippen LogP contribution in [0.15, 0.2) is 134 Å². The first-order valence-corrected chi connectivity index (χ1v) is 14.8. The van der Waals surface area contributed by atoms with Crippen molar-refractivity contribution in [3.8, 4) is 0 Å². The summed E-state index contributed by atoms with van der Waals surface area (Å²) in [6.07, 6.45) is -2.79. The van der Waals surface area contributed by atoms with Crippen molar-refractivity contribution in [3.05, 3.63) is 156 Å². The Kier molecular flexibility index (Phi) is 11.7. The molecule has 0 spiro atoms. The van der Waals surface area contributed by atoms with Crippen LogP contribution in [-0.2, 0) is 50.1 Å². The van der Waals surface area contributed by atoms with Gasteiger partial charge in [0.05, 0.1) is 33.0 Å². The molecule has 0 bridgehead atoms. The third kappa shape index (κ3) is 8.71. The van der Waals surface area contributed by atoms with E-state index in [0.29, 0.717) is 26.4 Å². The Balaban J connectivity index is 1.46. The van der Waals surface area contributed by atoms with E-state index >= 15 is 0 Å². The summed E-state index contributed by atoms with van der Waals surface area (Å²) in [6.45, 7) is 5.37. The lowest BCUT2D eigenvalue weighted by Crippen LogP contribution is -2.66. The molecule has 0 aromatic heterocycles. The van der Waals surface area contributed by atoms with Crippen LogP contribution in [0.5, 0.6) is 0 Å². The molecule has 4 aromatic rings. The largest absolute Gasteiger partial charge is 0.387 e. The van der Waals surface area contributed by atoms with Crippen LogP contribution in [0.1, 0.15) is 22.3 Å². The van der Waals surface area contributed by atoms with Gasteiger partial charge < -0.3 is 28.8 Å². The molecule has 0 heterocycles. The molecule has 43 heavy (non-hydrogen) atoms. The minimum Gasteiger partial charge on any atom is -0.387 e. The molecule has 0 saturated heterocycles. The van der Waals surface area contributed by atoms with Crippen molar-refractivity contribution in [2.75, 3.05) is 6.61 Å². The fourth-order valence-electron chi connectivity index (χ4n) is 5.34.